The van der Waals surface area contributed by atoms with Crippen molar-refractivity contribution in [1.29, 1.82) is 0 Å². The van der Waals surface area contributed by atoms with E-state index in [-0.39, 0.29) is 18.1 Å². The number of hydrogen-bond acceptors (Lipinski definition) is 4. The first-order valence-corrected chi connectivity index (χ1v) is 8.69. The first kappa shape index (κ1) is 17.9. The molecule has 0 saturated carbocycles. The number of primary amides is 1. The number of nitrogens with zero attached hydrogens (tertiary/aromatic N) is 2. The topological polar surface area (TPSA) is 75.9 Å². The number of piperazine rings is 1. The van der Waals surface area contributed by atoms with Gasteiger partial charge in [0, 0.05) is 32.7 Å². The Bertz CT molecular complexity index is 756. The van der Waals surface area contributed by atoms with Crippen molar-refractivity contribution in [3.8, 4) is 5.75 Å². The predicted octanol–water partition coefficient (Wildman–Crippen LogP) is 1.51. The summed E-state index contributed by atoms with van der Waals surface area (Å²) in [5, 5.41) is 0. The van der Waals surface area contributed by atoms with Crippen LogP contribution in [0.2, 0.25) is 0 Å². The van der Waals surface area contributed by atoms with Gasteiger partial charge in [-0.25, -0.2) is 0 Å². The lowest BCUT2D eigenvalue weighted by Gasteiger charge is -2.34. The molecule has 1 aliphatic rings. The van der Waals surface area contributed by atoms with E-state index in [2.05, 4.69) is 17.0 Å². The van der Waals surface area contributed by atoms with Crippen LogP contribution in [0.1, 0.15) is 15.9 Å². The summed E-state index contributed by atoms with van der Waals surface area (Å²) in [7, 11) is 0. The van der Waals surface area contributed by atoms with Crippen molar-refractivity contribution < 1.29 is 14.3 Å². The highest BCUT2D eigenvalue weighted by atomic mass is 16.5. The first-order valence-electron chi connectivity index (χ1n) is 8.69. The molecule has 1 heterocycles. The van der Waals surface area contributed by atoms with Crippen molar-refractivity contribution in [3.05, 3.63) is 65.7 Å². The van der Waals surface area contributed by atoms with Crippen LogP contribution in [0.25, 0.3) is 0 Å². The lowest BCUT2D eigenvalue weighted by atomic mass is 10.2. The highest BCUT2D eigenvalue weighted by Gasteiger charge is 2.22. The zero-order valence-electron chi connectivity index (χ0n) is 14.6. The van der Waals surface area contributed by atoms with Crippen LogP contribution in [0, 0.1) is 0 Å². The highest BCUT2D eigenvalue weighted by molar-refractivity contribution is 5.95. The van der Waals surface area contributed by atoms with Gasteiger partial charge in [-0.15, -0.1) is 0 Å². The summed E-state index contributed by atoms with van der Waals surface area (Å²) >= 11 is 0. The Morgan fingerprint density at radius 1 is 0.923 bits per heavy atom. The van der Waals surface area contributed by atoms with E-state index < -0.39 is 5.91 Å². The van der Waals surface area contributed by atoms with Gasteiger partial charge >= 0.3 is 0 Å². The van der Waals surface area contributed by atoms with E-state index in [0.29, 0.717) is 18.8 Å². The van der Waals surface area contributed by atoms with Gasteiger partial charge in [-0.1, -0.05) is 42.5 Å². The van der Waals surface area contributed by atoms with Gasteiger partial charge in [0.05, 0.1) is 5.56 Å². The number of ether oxygens (including phenoxy) is 1. The largest absolute Gasteiger partial charge is 0.483 e. The van der Waals surface area contributed by atoms with Gasteiger partial charge in [0.25, 0.3) is 11.8 Å². The van der Waals surface area contributed by atoms with Crippen molar-refractivity contribution >= 4 is 11.8 Å². The standard InChI is InChI=1S/C20H23N3O3/c21-20(25)17-8-4-5-9-18(17)26-15-19(24)23-12-10-22(11-13-23)14-16-6-2-1-3-7-16/h1-9H,10-15H2,(H2,21,25). The number of carbonyl (C=O) groups excluding carboxylic acids is 2. The summed E-state index contributed by atoms with van der Waals surface area (Å²) in [6.07, 6.45) is 0. The van der Waals surface area contributed by atoms with Crippen LogP contribution in [0.4, 0.5) is 0 Å². The van der Waals surface area contributed by atoms with Gasteiger partial charge in [0.1, 0.15) is 5.75 Å². The number of rotatable bonds is 6. The molecule has 1 saturated heterocycles. The summed E-state index contributed by atoms with van der Waals surface area (Å²) in [6, 6.07) is 17.0. The van der Waals surface area contributed by atoms with E-state index in [0.717, 1.165) is 19.6 Å². The molecule has 0 radical (unpaired) electrons. The Hall–Kier alpha value is -2.86. The average molecular weight is 353 g/mol. The van der Waals surface area contributed by atoms with Gasteiger partial charge in [-0.05, 0) is 17.7 Å². The molecule has 1 fully saturated rings. The van der Waals surface area contributed by atoms with Crippen LogP contribution in [0.3, 0.4) is 0 Å². The van der Waals surface area contributed by atoms with E-state index in [1.165, 1.54) is 5.56 Å². The number of para-hydroxylation sites is 1. The molecule has 6 heteroatoms. The van der Waals surface area contributed by atoms with Crippen molar-refractivity contribution in [1.82, 2.24) is 9.80 Å². The van der Waals surface area contributed by atoms with E-state index in [1.807, 2.05) is 18.2 Å². The number of carbonyl (C=O) groups is 2. The van der Waals surface area contributed by atoms with E-state index >= 15 is 0 Å². The summed E-state index contributed by atoms with van der Waals surface area (Å²) in [5.41, 5.74) is 6.88. The maximum absolute atomic E-state index is 12.4. The van der Waals surface area contributed by atoms with E-state index in [1.54, 1.807) is 29.2 Å². The fraction of sp³-hybridized carbons (Fsp3) is 0.300. The molecule has 0 bridgehead atoms. The van der Waals surface area contributed by atoms with Crippen LogP contribution in [0.5, 0.6) is 5.75 Å². The molecule has 6 nitrogen and oxygen atoms in total. The average Bonchev–Trinajstić information content (AvgIpc) is 2.67. The SMILES string of the molecule is NC(=O)c1ccccc1OCC(=O)N1CCN(Cc2ccccc2)CC1. The Balaban J connectivity index is 1.48. The molecular formula is C20H23N3O3. The second-order valence-electron chi connectivity index (χ2n) is 6.29. The fourth-order valence-electron chi connectivity index (χ4n) is 3.02. The van der Waals surface area contributed by atoms with Crippen molar-refractivity contribution in [2.45, 2.75) is 6.54 Å². The van der Waals surface area contributed by atoms with Crippen LogP contribution in [-0.4, -0.2) is 54.4 Å². The lowest BCUT2D eigenvalue weighted by molar-refractivity contribution is -0.135. The van der Waals surface area contributed by atoms with Gasteiger partial charge in [-0.3, -0.25) is 14.5 Å². The van der Waals surface area contributed by atoms with Gasteiger partial charge in [-0.2, -0.15) is 0 Å². The number of amides is 2. The Labute approximate surface area is 153 Å². The molecule has 136 valence electrons. The number of nitrogens with two attached hydrogens (primary N) is 1. The molecule has 26 heavy (non-hydrogen) atoms. The Morgan fingerprint density at radius 3 is 2.27 bits per heavy atom. The number of hydrogen-bond donors (Lipinski definition) is 1. The molecule has 2 aromatic carbocycles. The van der Waals surface area contributed by atoms with Crippen molar-refractivity contribution in [2.75, 3.05) is 32.8 Å². The second kappa shape index (κ2) is 8.49. The van der Waals surface area contributed by atoms with Crippen LogP contribution >= 0.6 is 0 Å². The zero-order chi connectivity index (χ0) is 18.4. The first-order chi connectivity index (χ1) is 12.6. The molecule has 1 aliphatic heterocycles. The molecule has 3 rings (SSSR count). The maximum atomic E-state index is 12.4. The van der Waals surface area contributed by atoms with Gasteiger partial charge < -0.3 is 15.4 Å². The normalized spacial score (nSPS) is 14.8. The highest BCUT2D eigenvalue weighted by Crippen LogP contribution is 2.17. The monoisotopic (exact) mass is 353 g/mol. The molecule has 0 unspecified atom stereocenters. The summed E-state index contributed by atoms with van der Waals surface area (Å²) in [6.45, 7) is 3.81. The van der Waals surface area contributed by atoms with Crippen molar-refractivity contribution in [3.63, 3.8) is 0 Å². The zero-order valence-corrected chi connectivity index (χ0v) is 14.6. The minimum Gasteiger partial charge on any atom is -0.483 e. The third-order valence-electron chi connectivity index (χ3n) is 4.48. The molecule has 2 amide bonds. The molecule has 2 N–H and O–H groups in total. The Kier molecular flexibility index (Phi) is 5.86. The van der Waals surface area contributed by atoms with E-state index in [9.17, 15) is 9.59 Å². The van der Waals surface area contributed by atoms with Crippen LogP contribution in [-0.2, 0) is 11.3 Å². The Morgan fingerprint density at radius 2 is 1.58 bits per heavy atom. The molecular weight excluding hydrogens is 330 g/mol. The quantitative estimate of drug-likeness (QED) is 0.854. The molecule has 2 aromatic rings. The molecule has 0 spiro atoms. The smallest absolute Gasteiger partial charge is 0.260 e. The van der Waals surface area contributed by atoms with Gasteiger partial charge in [0.2, 0.25) is 0 Å². The second-order valence-corrected chi connectivity index (χ2v) is 6.29. The van der Waals surface area contributed by atoms with E-state index in [4.69, 9.17) is 10.5 Å². The fourth-order valence-corrected chi connectivity index (χ4v) is 3.02. The summed E-state index contributed by atoms with van der Waals surface area (Å²) in [5.74, 6) is -0.303. The third-order valence-corrected chi connectivity index (χ3v) is 4.48. The van der Waals surface area contributed by atoms with Crippen molar-refractivity contribution in [2.24, 2.45) is 5.73 Å². The van der Waals surface area contributed by atoms with Gasteiger partial charge in [0.15, 0.2) is 6.61 Å². The maximum Gasteiger partial charge on any atom is 0.260 e. The number of benzene rings is 2. The summed E-state index contributed by atoms with van der Waals surface area (Å²) < 4.78 is 5.53. The minimum absolute atomic E-state index is 0.0800. The third kappa shape index (κ3) is 4.61. The molecule has 0 aromatic heterocycles. The molecule has 0 atom stereocenters. The minimum atomic E-state index is -0.567. The van der Waals surface area contributed by atoms with Crippen LogP contribution in [0.15, 0.2) is 54.6 Å². The lowest BCUT2D eigenvalue weighted by Crippen LogP contribution is -2.49. The molecule has 0 aliphatic carbocycles. The predicted molar refractivity (Wildman–Crippen MR) is 98.8 cm³/mol. The van der Waals surface area contributed by atoms with Crippen LogP contribution < -0.4 is 10.5 Å². The summed E-state index contributed by atoms with van der Waals surface area (Å²) in [4.78, 5) is 27.9.